The van der Waals surface area contributed by atoms with Gasteiger partial charge in [0.05, 0.1) is 11.2 Å². The van der Waals surface area contributed by atoms with Crippen molar-refractivity contribution in [1.82, 2.24) is 0 Å². The maximum atomic E-state index is 5.21. The summed E-state index contributed by atoms with van der Waals surface area (Å²) in [5, 5.41) is 0. The Balaban J connectivity index is 0.000000810. The summed E-state index contributed by atoms with van der Waals surface area (Å²) in [5.41, 5.74) is -0.375. The first kappa shape index (κ1) is 8.98. The van der Waals surface area contributed by atoms with Gasteiger partial charge in [-0.05, 0) is 27.7 Å². The van der Waals surface area contributed by atoms with Crippen molar-refractivity contribution < 1.29 is 9.31 Å². The first-order chi connectivity index (χ1) is 3.96. The van der Waals surface area contributed by atoms with Crippen LogP contribution in [-0.4, -0.2) is 18.9 Å². The van der Waals surface area contributed by atoms with Crippen LogP contribution in [0.4, 0.5) is 0 Å². The molecule has 0 saturated carbocycles. The zero-order valence-electron chi connectivity index (χ0n) is 7.10. The van der Waals surface area contributed by atoms with Gasteiger partial charge < -0.3 is 9.31 Å². The van der Waals surface area contributed by atoms with Crippen LogP contribution in [0.5, 0.6) is 0 Å². The summed E-state index contributed by atoms with van der Waals surface area (Å²) in [6, 6.07) is 0. The molecule has 53 valence electrons. The van der Waals surface area contributed by atoms with Gasteiger partial charge in [0.1, 0.15) is 0 Å². The zero-order valence-corrected chi connectivity index (χ0v) is 13.5. The normalized spacial score (nSPS) is 26.8. The Kier molecular flexibility index (Phi) is 1.79. The Morgan fingerprint density at radius 1 is 0.900 bits per heavy atom. The third kappa shape index (κ3) is 0.979. The van der Waals surface area contributed by atoms with E-state index in [1.807, 2.05) is 27.7 Å². The van der Waals surface area contributed by atoms with E-state index in [1.54, 1.807) is 0 Å². The first-order valence-corrected chi connectivity index (χ1v) is 3.13. The zero-order chi connectivity index (χ0) is 7.12. The van der Waals surface area contributed by atoms with E-state index in [9.17, 15) is 0 Å². The smallest absolute Gasteiger partial charge is 0.405 e. The number of hydrogen-bond donors (Lipinski definition) is 0. The van der Waals surface area contributed by atoms with Crippen LogP contribution >= 0.6 is 0 Å². The van der Waals surface area contributed by atoms with E-state index in [0.29, 0.717) is 0 Å². The second-order valence-electron chi connectivity index (χ2n) is 3.35. The molecule has 2 nitrogen and oxygen atoms in total. The minimum absolute atomic E-state index is 0. The summed E-state index contributed by atoms with van der Waals surface area (Å²) in [5.74, 6) is 0. The molecule has 0 N–H and O–H groups in total. The molecule has 0 bridgehead atoms. The summed E-state index contributed by atoms with van der Waals surface area (Å²) in [7, 11) is 1.42. The predicted octanol–water partition coefficient (Wildman–Crippen LogP) is 1.12. The molecular weight excluding hydrogens is 382 g/mol. The molecule has 0 amide bonds. The van der Waals surface area contributed by atoms with Crippen molar-refractivity contribution in [2.45, 2.75) is 38.9 Å². The predicted molar refractivity (Wildman–Crippen MR) is 36.1 cm³/mol. The minimum atomic E-state index is -0.188. The molecule has 0 unspecified atom stereocenters. The molecule has 1 heterocycles. The summed E-state index contributed by atoms with van der Waals surface area (Å²) < 4.78 is 10.4. The van der Waals surface area contributed by atoms with Crippen LogP contribution < -0.4 is 0 Å². The second-order valence-corrected chi connectivity index (χ2v) is 3.35. The molecule has 1 saturated heterocycles. The summed E-state index contributed by atoms with van der Waals surface area (Å²) in [6.45, 7) is 8.04. The quantitative estimate of drug-likeness (QED) is 0.574. The third-order valence-corrected chi connectivity index (χ3v) is 2.14. The van der Waals surface area contributed by atoms with Crippen molar-refractivity contribution in [3.63, 3.8) is 0 Å². The molecule has 0 aromatic carbocycles. The van der Waals surface area contributed by atoms with Crippen molar-refractivity contribution in [3.05, 3.63) is 0 Å². The topological polar surface area (TPSA) is 18.5 Å². The van der Waals surface area contributed by atoms with Crippen LogP contribution in [0.15, 0.2) is 0 Å². The van der Waals surface area contributed by atoms with Gasteiger partial charge in [-0.15, -0.1) is 0 Å². The van der Waals surface area contributed by atoms with Crippen molar-refractivity contribution >= 4 is 7.69 Å². The Morgan fingerprint density at radius 2 is 1.20 bits per heavy atom. The van der Waals surface area contributed by atoms with Crippen LogP contribution in [-0.2, 0) is 9.31 Å². The first-order valence-electron chi connectivity index (χ1n) is 3.13. The molecular formula is C6H12BO2Rf. The van der Waals surface area contributed by atoms with E-state index in [-0.39, 0.29) is 11.2 Å². The Hall–Kier alpha value is -1.02. The van der Waals surface area contributed by atoms with Gasteiger partial charge in [-0.2, -0.15) is 0 Å². The molecule has 1 aliphatic heterocycles. The Labute approximate surface area is 56.8 Å². The van der Waals surface area contributed by atoms with Crippen LogP contribution in [0.1, 0.15) is 27.7 Å². The van der Waals surface area contributed by atoms with Gasteiger partial charge >= 0.3 is 7.69 Å². The van der Waals surface area contributed by atoms with Crippen LogP contribution in [0.2, 0.25) is 0 Å². The van der Waals surface area contributed by atoms with E-state index in [2.05, 4.69) is 0 Å². The van der Waals surface area contributed by atoms with E-state index >= 15 is 0 Å². The maximum absolute atomic E-state index is 5.21. The van der Waals surface area contributed by atoms with Gasteiger partial charge in [-0.25, -0.2) is 0 Å². The Morgan fingerprint density at radius 3 is 1.30 bits per heavy atom. The van der Waals surface area contributed by atoms with E-state index in [1.165, 1.54) is 7.69 Å². The molecule has 1 aliphatic rings. The van der Waals surface area contributed by atoms with Gasteiger partial charge in [0.25, 0.3) is 0 Å². The Bertz CT molecular complexity index is 111. The standard InChI is InChI=1S/C6H12BO2.Rf/c1-5(2)6(3,4)9-7-8-5;/h1-4H3;. The summed E-state index contributed by atoms with van der Waals surface area (Å²) in [4.78, 5) is 0. The number of rotatable bonds is 0. The molecule has 10 heavy (non-hydrogen) atoms. The monoisotopic (exact) mass is 394 g/mol. The van der Waals surface area contributed by atoms with E-state index in [0.717, 1.165) is 0 Å². The van der Waals surface area contributed by atoms with Crippen LogP contribution in [0.25, 0.3) is 0 Å². The largest absolute Gasteiger partial charge is 0.488 e. The number of hydrogen-bond acceptors (Lipinski definition) is 2. The SMILES string of the molecule is CC1(C)O[B]OC1(C)C.[Rf]. The summed E-state index contributed by atoms with van der Waals surface area (Å²) >= 11 is 0. The van der Waals surface area contributed by atoms with Gasteiger partial charge in [-0.1, -0.05) is 0 Å². The molecule has 1 rings (SSSR count). The molecule has 0 spiro atoms. The van der Waals surface area contributed by atoms with Crippen molar-refractivity contribution in [2.24, 2.45) is 0 Å². The van der Waals surface area contributed by atoms with Crippen LogP contribution in [0, 0.1) is 0 Å². The molecule has 0 aromatic rings. The molecule has 0 atom stereocenters. The van der Waals surface area contributed by atoms with Gasteiger partial charge in [-0.3, -0.25) is 0 Å². The van der Waals surface area contributed by atoms with Crippen molar-refractivity contribution in [3.8, 4) is 0 Å². The van der Waals surface area contributed by atoms with Crippen LogP contribution in [0.3, 0.4) is 0 Å². The van der Waals surface area contributed by atoms with E-state index in [4.69, 9.17) is 9.31 Å². The van der Waals surface area contributed by atoms with E-state index < -0.39 is 0 Å². The fourth-order valence-corrected chi connectivity index (χ4v) is 0.548. The molecule has 4 heteroatoms. The minimum Gasteiger partial charge on any atom is -0.405 e. The van der Waals surface area contributed by atoms with Gasteiger partial charge in [0.15, 0.2) is 0 Å². The summed E-state index contributed by atoms with van der Waals surface area (Å²) in [6.07, 6.45) is 0. The van der Waals surface area contributed by atoms with Gasteiger partial charge in [0.2, 0.25) is 0 Å². The molecule has 1 radical (unpaired) electrons. The fraction of sp³-hybridized carbons (Fsp3) is 1.00. The van der Waals surface area contributed by atoms with Gasteiger partial charge in [0, 0.05) is 0 Å². The molecule has 1 fully saturated rings. The third-order valence-electron chi connectivity index (χ3n) is 2.14. The van der Waals surface area contributed by atoms with Crippen molar-refractivity contribution in [1.29, 1.82) is 0 Å². The second kappa shape index (κ2) is 1.99. The average molecular weight is 394 g/mol. The van der Waals surface area contributed by atoms with Crippen molar-refractivity contribution in [2.75, 3.05) is 0 Å². The molecule has 0 aromatic heterocycles. The maximum Gasteiger partial charge on any atom is 0.488 e. The fourth-order valence-electron chi connectivity index (χ4n) is 0.548. The molecule has 0 aliphatic carbocycles. The average Bonchev–Trinajstić information content (AvgIpc) is 1.81.